The fourth-order valence-corrected chi connectivity index (χ4v) is 11.5. The number of ether oxygens (including phenoxy) is 3. The van der Waals surface area contributed by atoms with Crippen molar-refractivity contribution < 1.29 is 38.9 Å². The van der Waals surface area contributed by atoms with E-state index >= 15 is 0 Å². The third-order valence-electron chi connectivity index (χ3n) is 7.56. The van der Waals surface area contributed by atoms with Crippen molar-refractivity contribution in [3.8, 4) is 23.0 Å². The SMILES string of the molecule is Cc1ccc(S(=O)(=O)Oc2ccc(S(=O)(=O)OS(c3ccc(OC(C)(C)C)cc3)(c3ccc(OC(C)(C)C)cc3)c3ccc(OC(C)(C)C)cc3)cc2)cc1. The first kappa shape index (κ1) is 41.7. The molecule has 9 nitrogen and oxygen atoms in total. The van der Waals surface area contributed by atoms with E-state index in [9.17, 15) is 16.8 Å². The number of hydrogen-bond acceptors (Lipinski definition) is 9. The molecule has 0 aliphatic rings. The van der Waals surface area contributed by atoms with Crippen LogP contribution >= 0.6 is 10.3 Å². The quantitative estimate of drug-likeness (QED) is 0.114. The number of rotatable bonds is 12. The van der Waals surface area contributed by atoms with Crippen molar-refractivity contribution in [2.75, 3.05) is 0 Å². The zero-order chi connectivity index (χ0) is 40.5. The van der Waals surface area contributed by atoms with Crippen LogP contribution in [0.5, 0.6) is 23.0 Å². The van der Waals surface area contributed by atoms with Crippen molar-refractivity contribution in [3.05, 3.63) is 127 Å². The third kappa shape index (κ3) is 10.8. The van der Waals surface area contributed by atoms with E-state index in [1.54, 1.807) is 48.5 Å². The molecule has 5 aromatic rings. The lowest BCUT2D eigenvalue weighted by Crippen LogP contribution is -2.23. The Hall–Kier alpha value is -4.49. The van der Waals surface area contributed by atoms with Crippen LogP contribution in [-0.4, -0.2) is 33.6 Å². The molecule has 0 fully saturated rings. The van der Waals surface area contributed by atoms with E-state index in [0.717, 1.165) is 5.56 Å². The molecule has 0 aromatic heterocycles. The second-order valence-corrected chi connectivity index (χ2v) is 22.0. The maximum absolute atomic E-state index is 14.5. The van der Waals surface area contributed by atoms with Crippen LogP contribution in [0, 0.1) is 6.92 Å². The van der Waals surface area contributed by atoms with E-state index in [2.05, 4.69) is 0 Å². The molecule has 0 aliphatic carbocycles. The van der Waals surface area contributed by atoms with Gasteiger partial charge >= 0.3 is 20.2 Å². The predicted octanol–water partition coefficient (Wildman–Crippen LogP) is 10.9. The Morgan fingerprint density at radius 2 is 0.636 bits per heavy atom. The van der Waals surface area contributed by atoms with Gasteiger partial charge in [0.1, 0.15) is 44.7 Å². The van der Waals surface area contributed by atoms with Gasteiger partial charge in [0.15, 0.2) is 0 Å². The van der Waals surface area contributed by atoms with E-state index in [-0.39, 0.29) is 15.5 Å². The lowest BCUT2D eigenvalue weighted by Gasteiger charge is -2.39. The second-order valence-electron chi connectivity index (χ2n) is 16.0. The molecule has 0 bridgehead atoms. The Morgan fingerprint density at radius 3 is 0.964 bits per heavy atom. The van der Waals surface area contributed by atoms with Crippen LogP contribution in [-0.2, 0) is 23.9 Å². The molecular formula is C43H50O9S3. The number of aryl methyl sites for hydroxylation is 1. The minimum absolute atomic E-state index is 0.0247. The molecule has 0 aliphatic heterocycles. The van der Waals surface area contributed by atoms with Crippen molar-refractivity contribution in [1.82, 2.24) is 0 Å². The molecule has 0 amide bonds. The first-order valence-electron chi connectivity index (χ1n) is 17.7. The minimum Gasteiger partial charge on any atom is -0.488 e. The molecule has 0 heterocycles. The van der Waals surface area contributed by atoms with Crippen molar-refractivity contribution >= 4 is 30.5 Å². The van der Waals surface area contributed by atoms with Crippen molar-refractivity contribution in [3.63, 3.8) is 0 Å². The molecule has 0 spiro atoms. The summed E-state index contributed by atoms with van der Waals surface area (Å²) < 4.78 is 85.3. The van der Waals surface area contributed by atoms with Crippen molar-refractivity contribution in [2.24, 2.45) is 0 Å². The van der Waals surface area contributed by atoms with E-state index < -0.39 is 47.3 Å². The van der Waals surface area contributed by atoms with Gasteiger partial charge < -0.3 is 18.4 Å². The van der Waals surface area contributed by atoms with Crippen LogP contribution in [0.3, 0.4) is 0 Å². The first-order valence-corrected chi connectivity index (χ1v) is 22.1. The topological polar surface area (TPSA) is 114 Å². The lowest BCUT2D eigenvalue weighted by atomic mass is 10.2. The summed E-state index contributed by atoms with van der Waals surface area (Å²) in [5.41, 5.74) is -0.505. The molecule has 55 heavy (non-hydrogen) atoms. The second kappa shape index (κ2) is 15.6. The van der Waals surface area contributed by atoms with Gasteiger partial charge in [-0.25, -0.2) is 3.63 Å². The van der Waals surface area contributed by atoms with Crippen LogP contribution in [0.4, 0.5) is 0 Å². The summed E-state index contributed by atoms with van der Waals surface area (Å²) in [6.45, 7) is 19.4. The van der Waals surface area contributed by atoms with Crippen molar-refractivity contribution in [1.29, 1.82) is 0 Å². The van der Waals surface area contributed by atoms with Gasteiger partial charge in [-0.1, -0.05) is 17.7 Å². The Balaban J connectivity index is 1.64. The van der Waals surface area contributed by atoms with E-state index in [1.807, 2.05) is 106 Å². The van der Waals surface area contributed by atoms with E-state index in [1.165, 1.54) is 36.4 Å². The Bertz CT molecular complexity index is 2140. The van der Waals surface area contributed by atoms with Gasteiger partial charge in [-0.05, 0) is 189 Å². The first-order chi connectivity index (χ1) is 25.4. The molecule has 12 heteroatoms. The molecule has 0 atom stereocenters. The molecule has 0 saturated carbocycles. The number of hydrogen-bond donors (Lipinski definition) is 0. The largest absolute Gasteiger partial charge is 0.488 e. The standard InChI is InChI=1S/C43H50O9S3/c1-31-11-21-39(22-12-31)54(44,45)51-35-19-29-40(30-20-35)55(46,47)52-53(36-23-13-32(14-24-36)48-41(2,3)4,37-25-15-33(16-26-37)49-42(5,6)7)38-27-17-34(18-28-38)50-43(8,9)10/h11-30H,1-10H3. The van der Waals surface area contributed by atoms with Gasteiger partial charge in [-0.15, -0.1) is 0 Å². The van der Waals surface area contributed by atoms with Crippen molar-refractivity contribution in [2.45, 2.75) is 111 Å². The zero-order valence-electron chi connectivity index (χ0n) is 32.9. The number of benzene rings is 5. The normalized spacial score (nSPS) is 13.2. The van der Waals surface area contributed by atoms with Gasteiger partial charge in [-0.3, -0.25) is 0 Å². The molecule has 294 valence electrons. The smallest absolute Gasteiger partial charge is 0.339 e. The Labute approximate surface area is 328 Å². The molecule has 0 radical (unpaired) electrons. The highest BCUT2D eigenvalue weighted by Gasteiger charge is 2.39. The summed E-state index contributed by atoms with van der Waals surface area (Å²) in [4.78, 5) is 1.52. The van der Waals surface area contributed by atoms with Gasteiger partial charge in [0, 0.05) is 14.7 Å². The molecular weight excluding hydrogens is 757 g/mol. The van der Waals surface area contributed by atoms with Gasteiger partial charge in [0.25, 0.3) is 0 Å². The molecule has 0 N–H and O–H groups in total. The summed E-state index contributed by atoms with van der Waals surface area (Å²) in [6, 6.07) is 33.0. The summed E-state index contributed by atoms with van der Waals surface area (Å²) >= 11 is 0. The maximum atomic E-state index is 14.5. The van der Waals surface area contributed by atoms with Crippen LogP contribution in [0.25, 0.3) is 0 Å². The maximum Gasteiger partial charge on any atom is 0.339 e. The third-order valence-corrected chi connectivity index (χ3v) is 14.0. The molecule has 0 unspecified atom stereocenters. The van der Waals surface area contributed by atoms with Crippen LogP contribution < -0.4 is 18.4 Å². The molecule has 0 saturated heterocycles. The highest BCUT2D eigenvalue weighted by molar-refractivity contribution is 8.33. The highest BCUT2D eigenvalue weighted by Crippen LogP contribution is 2.70. The van der Waals surface area contributed by atoms with Crippen LogP contribution in [0.15, 0.2) is 146 Å². The predicted molar refractivity (Wildman–Crippen MR) is 217 cm³/mol. The zero-order valence-corrected chi connectivity index (χ0v) is 35.4. The minimum atomic E-state index is -4.56. The fourth-order valence-electron chi connectivity index (χ4n) is 5.40. The van der Waals surface area contributed by atoms with E-state index in [0.29, 0.717) is 31.9 Å². The summed E-state index contributed by atoms with van der Waals surface area (Å²) in [5.74, 6) is 1.75. The van der Waals surface area contributed by atoms with Gasteiger partial charge in [0.05, 0.1) is 4.90 Å². The average molecular weight is 807 g/mol. The van der Waals surface area contributed by atoms with Gasteiger partial charge in [0.2, 0.25) is 0 Å². The van der Waals surface area contributed by atoms with Crippen LogP contribution in [0.1, 0.15) is 67.9 Å². The Kier molecular flexibility index (Phi) is 11.8. The van der Waals surface area contributed by atoms with E-state index in [4.69, 9.17) is 22.0 Å². The average Bonchev–Trinajstić information content (AvgIpc) is 3.06. The Morgan fingerprint density at radius 1 is 0.364 bits per heavy atom. The van der Waals surface area contributed by atoms with Crippen LogP contribution in [0.2, 0.25) is 0 Å². The summed E-state index contributed by atoms with van der Waals surface area (Å²) in [6.07, 6.45) is 0. The summed E-state index contributed by atoms with van der Waals surface area (Å²) in [5, 5.41) is 0. The van der Waals surface area contributed by atoms with Gasteiger partial charge in [-0.2, -0.15) is 16.8 Å². The molecule has 5 aromatic carbocycles. The lowest BCUT2D eigenvalue weighted by molar-refractivity contribution is 0.130. The molecule has 5 rings (SSSR count). The monoisotopic (exact) mass is 806 g/mol. The fraction of sp³-hybridized carbons (Fsp3) is 0.302. The highest BCUT2D eigenvalue weighted by atomic mass is 32.3. The summed E-state index contributed by atoms with van der Waals surface area (Å²) in [7, 11) is -11.8.